The molecule has 0 atom stereocenters. The standard InChI is InChI=1S/C10H13NO2/c1-2-8-10(13)9(12)5-6-11(8)7-3-4-7/h5-7,13H,2-4H2,1H3. The molecule has 0 bridgehead atoms. The van der Waals surface area contributed by atoms with Gasteiger partial charge in [0, 0.05) is 18.3 Å². The van der Waals surface area contributed by atoms with Gasteiger partial charge < -0.3 is 9.67 Å². The third-order valence-electron chi connectivity index (χ3n) is 2.48. The van der Waals surface area contributed by atoms with Gasteiger partial charge in [0.05, 0.1) is 5.69 Å². The van der Waals surface area contributed by atoms with Crippen LogP contribution in [-0.2, 0) is 6.42 Å². The predicted octanol–water partition coefficient (Wildman–Crippen LogP) is 1.45. The highest BCUT2D eigenvalue weighted by Crippen LogP contribution is 2.36. The van der Waals surface area contributed by atoms with Gasteiger partial charge >= 0.3 is 0 Å². The minimum Gasteiger partial charge on any atom is -0.503 e. The summed E-state index contributed by atoms with van der Waals surface area (Å²) in [5, 5.41) is 9.52. The van der Waals surface area contributed by atoms with Crippen LogP contribution in [0.25, 0.3) is 0 Å². The Bertz CT molecular complexity index is 377. The Morgan fingerprint density at radius 2 is 2.31 bits per heavy atom. The Morgan fingerprint density at radius 3 is 2.85 bits per heavy atom. The summed E-state index contributed by atoms with van der Waals surface area (Å²) in [6.45, 7) is 1.95. The summed E-state index contributed by atoms with van der Waals surface area (Å²) in [7, 11) is 0. The van der Waals surface area contributed by atoms with Crippen molar-refractivity contribution in [2.24, 2.45) is 0 Å². The molecule has 3 nitrogen and oxygen atoms in total. The van der Waals surface area contributed by atoms with Crippen LogP contribution in [0.1, 0.15) is 31.5 Å². The summed E-state index contributed by atoms with van der Waals surface area (Å²) in [5.41, 5.74) is 0.503. The maximum absolute atomic E-state index is 11.1. The lowest BCUT2D eigenvalue weighted by Crippen LogP contribution is -2.10. The fourth-order valence-electron chi connectivity index (χ4n) is 1.63. The molecule has 1 saturated carbocycles. The van der Waals surface area contributed by atoms with Crippen LogP contribution in [0.3, 0.4) is 0 Å². The second-order valence-corrected chi connectivity index (χ2v) is 3.47. The molecule has 1 aliphatic carbocycles. The largest absolute Gasteiger partial charge is 0.503 e. The molecular formula is C10H13NO2. The fraction of sp³-hybridized carbons (Fsp3) is 0.500. The average Bonchev–Trinajstić information content (AvgIpc) is 2.92. The number of hydrogen-bond donors (Lipinski definition) is 1. The zero-order valence-electron chi connectivity index (χ0n) is 7.66. The maximum Gasteiger partial charge on any atom is 0.223 e. The lowest BCUT2D eigenvalue weighted by atomic mass is 10.2. The molecule has 1 fully saturated rings. The van der Waals surface area contributed by atoms with Gasteiger partial charge in [-0.3, -0.25) is 4.79 Å². The second kappa shape index (κ2) is 2.91. The summed E-state index contributed by atoms with van der Waals surface area (Å²) >= 11 is 0. The van der Waals surface area contributed by atoms with Crippen molar-refractivity contribution in [3.05, 3.63) is 28.2 Å². The van der Waals surface area contributed by atoms with Crippen LogP contribution in [0.4, 0.5) is 0 Å². The first-order valence-corrected chi connectivity index (χ1v) is 4.67. The molecule has 0 spiro atoms. The van der Waals surface area contributed by atoms with Gasteiger partial charge in [-0.15, -0.1) is 0 Å². The molecule has 0 unspecified atom stereocenters. The first-order valence-electron chi connectivity index (χ1n) is 4.67. The third kappa shape index (κ3) is 1.34. The SMILES string of the molecule is CCc1c(O)c(=O)ccn1C1CC1. The Labute approximate surface area is 76.6 Å². The van der Waals surface area contributed by atoms with E-state index in [1.807, 2.05) is 11.5 Å². The molecule has 70 valence electrons. The van der Waals surface area contributed by atoms with Crippen LogP contribution in [0.15, 0.2) is 17.1 Å². The highest BCUT2D eigenvalue weighted by Gasteiger charge is 2.25. The molecule has 0 aliphatic heterocycles. The van der Waals surface area contributed by atoms with Crippen LogP contribution in [0, 0.1) is 0 Å². The molecule has 2 rings (SSSR count). The quantitative estimate of drug-likeness (QED) is 0.746. The Kier molecular flexibility index (Phi) is 1.87. The average molecular weight is 179 g/mol. The van der Waals surface area contributed by atoms with E-state index in [-0.39, 0.29) is 11.2 Å². The first-order chi connectivity index (χ1) is 6.24. The van der Waals surface area contributed by atoms with Gasteiger partial charge in [0.15, 0.2) is 5.75 Å². The van der Waals surface area contributed by atoms with Crippen molar-refractivity contribution in [3.63, 3.8) is 0 Å². The predicted molar refractivity (Wildman–Crippen MR) is 50.0 cm³/mol. The molecule has 0 radical (unpaired) electrons. The van der Waals surface area contributed by atoms with Gasteiger partial charge in [-0.1, -0.05) is 6.92 Å². The van der Waals surface area contributed by atoms with E-state index in [1.54, 1.807) is 6.20 Å². The van der Waals surface area contributed by atoms with E-state index in [2.05, 4.69) is 0 Å². The molecule has 1 aromatic heterocycles. The topological polar surface area (TPSA) is 42.2 Å². The molecule has 0 saturated heterocycles. The van der Waals surface area contributed by atoms with E-state index in [1.165, 1.54) is 6.07 Å². The Balaban J connectivity index is 2.56. The summed E-state index contributed by atoms with van der Waals surface area (Å²) in [6, 6.07) is 1.95. The first kappa shape index (κ1) is 8.35. The van der Waals surface area contributed by atoms with Gasteiger partial charge in [-0.2, -0.15) is 0 Å². The van der Waals surface area contributed by atoms with Crippen LogP contribution in [0.2, 0.25) is 0 Å². The van der Waals surface area contributed by atoms with Gasteiger partial charge in [0.25, 0.3) is 0 Å². The van der Waals surface area contributed by atoms with Crippen molar-refractivity contribution in [3.8, 4) is 5.75 Å². The zero-order valence-corrected chi connectivity index (χ0v) is 7.66. The Hall–Kier alpha value is -1.25. The van der Waals surface area contributed by atoms with Crippen LogP contribution in [-0.4, -0.2) is 9.67 Å². The van der Waals surface area contributed by atoms with E-state index >= 15 is 0 Å². The summed E-state index contributed by atoms with van der Waals surface area (Å²) in [5.74, 6) is -0.0723. The summed E-state index contributed by atoms with van der Waals surface area (Å²) in [4.78, 5) is 11.1. The van der Waals surface area contributed by atoms with Crippen molar-refractivity contribution in [2.45, 2.75) is 32.2 Å². The number of aromatic hydroxyl groups is 1. The van der Waals surface area contributed by atoms with Crippen molar-refractivity contribution in [1.29, 1.82) is 0 Å². The van der Waals surface area contributed by atoms with E-state index in [9.17, 15) is 9.90 Å². The van der Waals surface area contributed by atoms with E-state index in [4.69, 9.17) is 0 Å². The van der Waals surface area contributed by atoms with E-state index in [0.29, 0.717) is 12.5 Å². The zero-order chi connectivity index (χ0) is 9.42. The molecule has 0 amide bonds. The van der Waals surface area contributed by atoms with Gasteiger partial charge in [0.1, 0.15) is 0 Å². The molecule has 3 heteroatoms. The number of nitrogens with zero attached hydrogens (tertiary/aromatic N) is 1. The highest BCUT2D eigenvalue weighted by atomic mass is 16.3. The lowest BCUT2D eigenvalue weighted by Gasteiger charge is -2.11. The summed E-state index contributed by atoms with van der Waals surface area (Å²) in [6.07, 6.45) is 4.82. The van der Waals surface area contributed by atoms with Crippen molar-refractivity contribution >= 4 is 0 Å². The number of rotatable bonds is 2. The molecule has 1 aliphatic rings. The number of aromatic nitrogens is 1. The normalized spacial score (nSPS) is 16.1. The van der Waals surface area contributed by atoms with Crippen molar-refractivity contribution in [2.75, 3.05) is 0 Å². The third-order valence-corrected chi connectivity index (χ3v) is 2.48. The fourth-order valence-corrected chi connectivity index (χ4v) is 1.63. The molecule has 1 N–H and O–H groups in total. The van der Waals surface area contributed by atoms with Crippen molar-refractivity contribution in [1.82, 2.24) is 4.57 Å². The van der Waals surface area contributed by atoms with Crippen molar-refractivity contribution < 1.29 is 5.11 Å². The summed E-state index contributed by atoms with van der Waals surface area (Å²) < 4.78 is 2.02. The van der Waals surface area contributed by atoms with Crippen LogP contribution < -0.4 is 5.43 Å². The number of hydrogen-bond acceptors (Lipinski definition) is 2. The monoisotopic (exact) mass is 179 g/mol. The van der Waals surface area contributed by atoms with Gasteiger partial charge in [-0.25, -0.2) is 0 Å². The van der Waals surface area contributed by atoms with Gasteiger partial charge in [0.2, 0.25) is 5.43 Å². The molecule has 0 aromatic carbocycles. The molecule has 1 heterocycles. The maximum atomic E-state index is 11.1. The number of pyridine rings is 1. The lowest BCUT2D eigenvalue weighted by molar-refractivity contribution is 0.449. The van der Waals surface area contributed by atoms with Crippen LogP contribution >= 0.6 is 0 Å². The molecule has 1 aromatic rings. The van der Waals surface area contributed by atoms with E-state index in [0.717, 1.165) is 18.5 Å². The Morgan fingerprint density at radius 1 is 1.62 bits per heavy atom. The van der Waals surface area contributed by atoms with Gasteiger partial charge in [-0.05, 0) is 19.3 Å². The molecular weight excluding hydrogens is 166 g/mol. The van der Waals surface area contributed by atoms with E-state index < -0.39 is 0 Å². The molecule has 13 heavy (non-hydrogen) atoms. The smallest absolute Gasteiger partial charge is 0.223 e. The second-order valence-electron chi connectivity index (χ2n) is 3.47. The van der Waals surface area contributed by atoms with Crippen LogP contribution in [0.5, 0.6) is 5.75 Å². The minimum absolute atomic E-state index is 0.0723. The minimum atomic E-state index is -0.270. The highest BCUT2D eigenvalue weighted by molar-refractivity contribution is 5.27.